The molecule has 17 heavy (non-hydrogen) atoms. The van der Waals surface area contributed by atoms with Crippen LogP contribution in [0.25, 0.3) is 11.3 Å². The summed E-state index contributed by atoms with van der Waals surface area (Å²) in [5, 5.41) is 0.310. The molecule has 2 aromatic rings. The van der Waals surface area contributed by atoms with Crippen molar-refractivity contribution in [1.82, 2.24) is 4.98 Å². The fourth-order valence-electron chi connectivity index (χ4n) is 1.46. The SMILES string of the molecule is Fc1ccc(-c2cnc(CCCCl)o2)c(Cl)c1. The van der Waals surface area contributed by atoms with Crippen molar-refractivity contribution in [3.05, 3.63) is 41.1 Å². The van der Waals surface area contributed by atoms with Crippen molar-refractivity contribution in [2.45, 2.75) is 12.8 Å². The Balaban J connectivity index is 2.24. The molecular formula is C12H10Cl2FNO. The van der Waals surface area contributed by atoms with Crippen LogP contribution in [0.2, 0.25) is 5.02 Å². The summed E-state index contributed by atoms with van der Waals surface area (Å²) in [4.78, 5) is 4.12. The monoisotopic (exact) mass is 273 g/mol. The predicted octanol–water partition coefficient (Wildman–Crippen LogP) is 4.31. The standard InChI is InChI=1S/C12H10Cl2FNO/c13-5-1-2-12-16-7-11(17-12)9-4-3-8(15)6-10(9)14/h3-4,6-7H,1-2,5H2. The second-order valence-electron chi connectivity index (χ2n) is 3.53. The van der Waals surface area contributed by atoms with Crippen LogP contribution in [0.15, 0.2) is 28.8 Å². The first-order chi connectivity index (χ1) is 8.20. The van der Waals surface area contributed by atoms with Gasteiger partial charge in [-0.2, -0.15) is 0 Å². The number of nitrogens with zero attached hydrogens (tertiary/aromatic N) is 1. The van der Waals surface area contributed by atoms with Gasteiger partial charge in [0.2, 0.25) is 0 Å². The van der Waals surface area contributed by atoms with Crippen molar-refractivity contribution in [1.29, 1.82) is 0 Å². The molecule has 0 aliphatic rings. The maximum Gasteiger partial charge on any atom is 0.194 e. The lowest BCUT2D eigenvalue weighted by Gasteiger charge is -1.99. The number of oxazole rings is 1. The molecule has 0 N–H and O–H groups in total. The molecular weight excluding hydrogens is 264 g/mol. The lowest BCUT2D eigenvalue weighted by Crippen LogP contribution is -1.84. The van der Waals surface area contributed by atoms with E-state index in [2.05, 4.69) is 4.98 Å². The number of halogens is 3. The zero-order valence-corrected chi connectivity index (χ0v) is 10.4. The Labute approximate surface area is 108 Å². The van der Waals surface area contributed by atoms with Gasteiger partial charge >= 0.3 is 0 Å². The summed E-state index contributed by atoms with van der Waals surface area (Å²) in [6.45, 7) is 0. The molecule has 0 spiro atoms. The highest BCUT2D eigenvalue weighted by atomic mass is 35.5. The van der Waals surface area contributed by atoms with Gasteiger partial charge < -0.3 is 4.42 Å². The second kappa shape index (κ2) is 5.52. The first-order valence-corrected chi connectivity index (χ1v) is 6.08. The van der Waals surface area contributed by atoms with Crippen LogP contribution in [-0.4, -0.2) is 10.9 Å². The van der Waals surface area contributed by atoms with Crippen LogP contribution in [-0.2, 0) is 6.42 Å². The van der Waals surface area contributed by atoms with Crippen LogP contribution in [0.5, 0.6) is 0 Å². The van der Waals surface area contributed by atoms with Crippen molar-refractivity contribution >= 4 is 23.2 Å². The number of hydrogen-bond acceptors (Lipinski definition) is 2. The zero-order valence-electron chi connectivity index (χ0n) is 8.92. The number of alkyl halides is 1. The van der Waals surface area contributed by atoms with Gasteiger partial charge in [0.05, 0.1) is 11.2 Å². The lowest BCUT2D eigenvalue weighted by atomic mass is 10.2. The van der Waals surface area contributed by atoms with Crippen LogP contribution in [0.3, 0.4) is 0 Å². The van der Waals surface area contributed by atoms with E-state index in [9.17, 15) is 4.39 Å². The van der Waals surface area contributed by atoms with Crippen LogP contribution in [0.4, 0.5) is 4.39 Å². The van der Waals surface area contributed by atoms with Crippen molar-refractivity contribution in [3.63, 3.8) is 0 Å². The van der Waals surface area contributed by atoms with E-state index in [0.717, 1.165) is 6.42 Å². The lowest BCUT2D eigenvalue weighted by molar-refractivity contribution is 0.503. The van der Waals surface area contributed by atoms with E-state index in [4.69, 9.17) is 27.6 Å². The summed E-state index contributed by atoms with van der Waals surface area (Å²) in [5.41, 5.74) is 0.637. The third-order valence-electron chi connectivity index (χ3n) is 2.27. The largest absolute Gasteiger partial charge is 0.441 e. The molecule has 0 unspecified atom stereocenters. The summed E-state index contributed by atoms with van der Waals surface area (Å²) in [5.74, 6) is 1.34. The van der Waals surface area contributed by atoms with Crippen LogP contribution in [0.1, 0.15) is 12.3 Å². The summed E-state index contributed by atoms with van der Waals surface area (Å²) < 4.78 is 18.4. The van der Waals surface area contributed by atoms with E-state index >= 15 is 0 Å². The molecule has 2 rings (SSSR count). The third-order valence-corrected chi connectivity index (χ3v) is 2.85. The smallest absolute Gasteiger partial charge is 0.194 e. The minimum absolute atomic E-state index is 0.310. The molecule has 0 aliphatic carbocycles. The number of hydrogen-bond donors (Lipinski definition) is 0. The number of benzene rings is 1. The van der Waals surface area contributed by atoms with Crippen LogP contribution < -0.4 is 0 Å². The minimum Gasteiger partial charge on any atom is -0.441 e. The molecule has 0 amide bonds. The Kier molecular flexibility index (Phi) is 4.02. The summed E-state index contributed by atoms with van der Waals surface area (Å²) >= 11 is 11.5. The van der Waals surface area contributed by atoms with Gasteiger partial charge in [0.15, 0.2) is 11.7 Å². The second-order valence-corrected chi connectivity index (χ2v) is 4.32. The van der Waals surface area contributed by atoms with E-state index in [-0.39, 0.29) is 5.82 Å². The fourth-order valence-corrected chi connectivity index (χ4v) is 1.85. The Hall–Kier alpha value is -1.06. The van der Waals surface area contributed by atoms with Gasteiger partial charge in [0.1, 0.15) is 5.82 Å². The highest BCUT2D eigenvalue weighted by Gasteiger charge is 2.10. The number of rotatable bonds is 4. The van der Waals surface area contributed by atoms with Gasteiger partial charge in [-0.05, 0) is 24.6 Å². The highest BCUT2D eigenvalue weighted by molar-refractivity contribution is 6.33. The van der Waals surface area contributed by atoms with E-state index in [1.807, 2.05) is 0 Å². The predicted molar refractivity (Wildman–Crippen MR) is 65.9 cm³/mol. The summed E-state index contributed by atoms with van der Waals surface area (Å²) in [6, 6.07) is 4.16. The van der Waals surface area contributed by atoms with Crippen molar-refractivity contribution in [3.8, 4) is 11.3 Å². The first kappa shape index (κ1) is 12.4. The van der Waals surface area contributed by atoms with E-state index in [1.54, 1.807) is 12.3 Å². The molecule has 0 bridgehead atoms. The zero-order chi connectivity index (χ0) is 12.3. The van der Waals surface area contributed by atoms with E-state index < -0.39 is 0 Å². The molecule has 1 aromatic carbocycles. The van der Waals surface area contributed by atoms with Gasteiger partial charge in [-0.1, -0.05) is 11.6 Å². The van der Waals surface area contributed by atoms with Gasteiger partial charge in [-0.15, -0.1) is 11.6 Å². The molecule has 1 aromatic heterocycles. The Morgan fingerprint density at radius 1 is 1.35 bits per heavy atom. The number of aromatic nitrogens is 1. The Morgan fingerprint density at radius 3 is 2.88 bits per heavy atom. The molecule has 0 aliphatic heterocycles. The third kappa shape index (κ3) is 2.99. The first-order valence-electron chi connectivity index (χ1n) is 5.17. The quantitative estimate of drug-likeness (QED) is 0.776. The Bertz CT molecular complexity index is 513. The molecule has 2 nitrogen and oxygen atoms in total. The van der Waals surface area contributed by atoms with E-state index in [1.165, 1.54) is 12.1 Å². The molecule has 0 saturated carbocycles. The van der Waals surface area contributed by atoms with Crippen molar-refractivity contribution < 1.29 is 8.81 Å². The molecule has 0 radical (unpaired) electrons. The number of aryl methyl sites for hydroxylation is 1. The summed E-state index contributed by atoms with van der Waals surface area (Å²) in [6.07, 6.45) is 3.07. The van der Waals surface area contributed by atoms with Crippen molar-refractivity contribution in [2.24, 2.45) is 0 Å². The van der Waals surface area contributed by atoms with Crippen LogP contribution >= 0.6 is 23.2 Å². The average molecular weight is 274 g/mol. The van der Waals surface area contributed by atoms with Gasteiger partial charge in [0, 0.05) is 17.9 Å². The topological polar surface area (TPSA) is 26.0 Å². The summed E-state index contributed by atoms with van der Waals surface area (Å²) in [7, 11) is 0. The average Bonchev–Trinajstić information content (AvgIpc) is 2.75. The molecule has 0 atom stereocenters. The minimum atomic E-state index is -0.374. The fraction of sp³-hybridized carbons (Fsp3) is 0.250. The Morgan fingerprint density at radius 2 is 2.18 bits per heavy atom. The van der Waals surface area contributed by atoms with Crippen LogP contribution in [0, 0.1) is 5.82 Å². The van der Waals surface area contributed by atoms with Crippen molar-refractivity contribution in [2.75, 3.05) is 5.88 Å². The maximum absolute atomic E-state index is 12.9. The molecule has 1 heterocycles. The maximum atomic E-state index is 12.9. The highest BCUT2D eigenvalue weighted by Crippen LogP contribution is 2.29. The van der Waals surface area contributed by atoms with Gasteiger partial charge in [-0.3, -0.25) is 0 Å². The molecule has 5 heteroatoms. The molecule has 0 fully saturated rings. The van der Waals surface area contributed by atoms with Gasteiger partial charge in [0.25, 0.3) is 0 Å². The normalized spacial score (nSPS) is 10.8. The molecule has 0 saturated heterocycles. The molecule has 90 valence electrons. The van der Waals surface area contributed by atoms with Gasteiger partial charge in [-0.25, -0.2) is 9.37 Å². The van der Waals surface area contributed by atoms with E-state index in [0.29, 0.717) is 34.5 Å².